The highest BCUT2D eigenvalue weighted by Crippen LogP contribution is 2.17. The summed E-state index contributed by atoms with van der Waals surface area (Å²) in [5.41, 5.74) is 0. The van der Waals surface area contributed by atoms with E-state index in [-0.39, 0.29) is 29.1 Å². The minimum absolute atomic E-state index is 0.0000525. The third kappa shape index (κ3) is 3.71. The number of H-pyrrole nitrogens is 1. The highest BCUT2D eigenvalue weighted by molar-refractivity contribution is 6.40. The van der Waals surface area contributed by atoms with E-state index >= 15 is 0 Å². The number of amides is 1. The van der Waals surface area contributed by atoms with Gasteiger partial charge in [-0.1, -0.05) is 23.2 Å². The van der Waals surface area contributed by atoms with E-state index in [0.29, 0.717) is 6.42 Å². The van der Waals surface area contributed by atoms with Crippen molar-refractivity contribution in [2.75, 3.05) is 6.54 Å². The van der Waals surface area contributed by atoms with Crippen LogP contribution in [0.4, 0.5) is 0 Å². The van der Waals surface area contributed by atoms with Crippen LogP contribution >= 0.6 is 23.2 Å². The van der Waals surface area contributed by atoms with Crippen LogP contribution in [0.2, 0.25) is 10.3 Å². The molecule has 0 unspecified atom stereocenters. The van der Waals surface area contributed by atoms with E-state index in [9.17, 15) is 9.59 Å². The van der Waals surface area contributed by atoms with Crippen LogP contribution in [0.3, 0.4) is 0 Å². The van der Waals surface area contributed by atoms with Gasteiger partial charge in [0, 0.05) is 13.0 Å². The number of aromatic amines is 1. The van der Waals surface area contributed by atoms with Gasteiger partial charge in [-0.15, -0.1) is 0 Å². The molecular formula is C8H9Cl2N3O3. The first-order valence-corrected chi connectivity index (χ1v) is 5.17. The Hall–Kier alpha value is -1.27. The second-order valence-electron chi connectivity index (χ2n) is 2.94. The molecule has 0 atom stereocenters. The van der Waals surface area contributed by atoms with Gasteiger partial charge < -0.3 is 15.4 Å². The molecule has 16 heavy (non-hydrogen) atoms. The fraction of sp³-hybridized carbons (Fsp3) is 0.375. The molecule has 3 N–H and O–H groups in total. The normalized spacial score (nSPS) is 10.1. The molecule has 1 aromatic heterocycles. The highest BCUT2D eigenvalue weighted by Gasteiger charge is 2.12. The number of hydrogen-bond acceptors (Lipinski definition) is 3. The maximum Gasteiger partial charge on any atom is 0.303 e. The zero-order valence-electron chi connectivity index (χ0n) is 8.09. The lowest BCUT2D eigenvalue weighted by Gasteiger charge is -2.00. The smallest absolute Gasteiger partial charge is 0.303 e. The van der Waals surface area contributed by atoms with E-state index in [1.807, 2.05) is 0 Å². The quantitative estimate of drug-likeness (QED) is 0.700. The molecule has 1 aromatic rings. The number of nitrogens with one attached hydrogen (secondary N) is 2. The van der Waals surface area contributed by atoms with Gasteiger partial charge in [0.15, 0.2) is 11.0 Å². The van der Waals surface area contributed by atoms with Gasteiger partial charge in [0.1, 0.15) is 5.15 Å². The minimum atomic E-state index is -0.904. The van der Waals surface area contributed by atoms with Crippen molar-refractivity contribution in [3.05, 3.63) is 16.1 Å². The first-order valence-electron chi connectivity index (χ1n) is 4.41. The van der Waals surface area contributed by atoms with E-state index in [1.165, 1.54) is 0 Å². The topological polar surface area (TPSA) is 95.1 Å². The summed E-state index contributed by atoms with van der Waals surface area (Å²) < 4.78 is 0. The van der Waals surface area contributed by atoms with Crippen molar-refractivity contribution in [1.82, 2.24) is 15.3 Å². The van der Waals surface area contributed by atoms with Crippen molar-refractivity contribution in [1.29, 1.82) is 0 Å². The van der Waals surface area contributed by atoms with Gasteiger partial charge >= 0.3 is 5.97 Å². The summed E-state index contributed by atoms with van der Waals surface area (Å²) in [6.07, 6.45) is 0.350. The molecule has 0 aliphatic rings. The van der Waals surface area contributed by atoms with E-state index in [0.717, 1.165) is 0 Å². The van der Waals surface area contributed by atoms with Gasteiger partial charge in [-0.05, 0) is 6.42 Å². The maximum absolute atomic E-state index is 11.4. The summed E-state index contributed by atoms with van der Waals surface area (Å²) >= 11 is 11.1. The van der Waals surface area contributed by atoms with Crippen molar-refractivity contribution in [2.45, 2.75) is 12.8 Å². The molecule has 0 bridgehead atoms. The van der Waals surface area contributed by atoms with Crippen molar-refractivity contribution >= 4 is 35.1 Å². The monoisotopic (exact) mass is 265 g/mol. The summed E-state index contributed by atoms with van der Waals surface area (Å²) in [5.74, 6) is -1.37. The molecule has 0 aliphatic heterocycles. The molecule has 0 saturated heterocycles. The Labute approximate surface area is 101 Å². The summed E-state index contributed by atoms with van der Waals surface area (Å²) in [4.78, 5) is 27.7. The number of carboxylic acid groups (broad SMARTS) is 1. The van der Waals surface area contributed by atoms with Crippen molar-refractivity contribution in [3.63, 3.8) is 0 Å². The average molecular weight is 266 g/mol. The van der Waals surface area contributed by atoms with E-state index in [2.05, 4.69) is 15.3 Å². The van der Waals surface area contributed by atoms with Gasteiger partial charge in [-0.3, -0.25) is 9.59 Å². The molecule has 0 saturated carbocycles. The summed E-state index contributed by atoms with van der Waals surface area (Å²) in [5, 5.41) is 11.0. The van der Waals surface area contributed by atoms with Crippen LogP contribution in [0.25, 0.3) is 0 Å². The van der Waals surface area contributed by atoms with Crippen LogP contribution in [0.5, 0.6) is 0 Å². The summed E-state index contributed by atoms with van der Waals surface area (Å²) in [7, 11) is 0. The number of halogens is 2. The second kappa shape index (κ2) is 5.72. The van der Waals surface area contributed by atoms with Crippen LogP contribution in [-0.4, -0.2) is 33.5 Å². The molecule has 1 rings (SSSR count). The fourth-order valence-corrected chi connectivity index (χ4v) is 1.23. The van der Waals surface area contributed by atoms with Crippen LogP contribution in [-0.2, 0) is 4.79 Å². The number of carbonyl (C=O) groups excluding carboxylic acids is 1. The first kappa shape index (κ1) is 12.8. The minimum Gasteiger partial charge on any atom is -0.481 e. The lowest BCUT2D eigenvalue weighted by Crippen LogP contribution is -2.25. The molecule has 1 amide bonds. The van der Waals surface area contributed by atoms with Crippen molar-refractivity contribution < 1.29 is 14.7 Å². The van der Waals surface area contributed by atoms with Gasteiger partial charge in [-0.2, -0.15) is 0 Å². The largest absolute Gasteiger partial charge is 0.481 e. The number of nitrogens with zero attached hydrogens (tertiary/aromatic N) is 1. The fourth-order valence-electron chi connectivity index (χ4n) is 0.964. The SMILES string of the molecule is O=C(O)CCCNC(=O)c1nc(Cl)c(Cl)[nH]1. The number of hydrogen-bond donors (Lipinski definition) is 3. The maximum atomic E-state index is 11.4. The molecule has 0 fully saturated rings. The molecule has 0 aliphatic carbocycles. The molecular weight excluding hydrogens is 257 g/mol. The number of carboxylic acids is 1. The second-order valence-corrected chi connectivity index (χ2v) is 3.68. The first-order chi connectivity index (χ1) is 7.50. The summed E-state index contributed by atoms with van der Waals surface area (Å²) in [6.45, 7) is 0.251. The standard InChI is InChI=1S/C8H9Cl2N3O3/c9-5-6(10)13-7(12-5)8(16)11-3-1-2-4(14)15/h1-3H2,(H,11,16)(H,12,13)(H,14,15). The third-order valence-corrected chi connectivity index (χ3v) is 2.33. The summed E-state index contributed by atoms with van der Waals surface area (Å²) in [6, 6.07) is 0. The highest BCUT2D eigenvalue weighted by atomic mass is 35.5. The molecule has 0 spiro atoms. The van der Waals surface area contributed by atoms with Crippen molar-refractivity contribution in [3.8, 4) is 0 Å². The lowest BCUT2D eigenvalue weighted by molar-refractivity contribution is -0.137. The average Bonchev–Trinajstić information content (AvgIpc) is 2.54. The van der Waals surface area contributed by atoms with Crippen LogP contribution < -0.4 is 5.32 Å². The van der Waals surface area contributed by atoms with Crippen LogP contribution in [0.1, 0.15) is 23.5 Å². The van der Waals surface area contributed by atoms with E-state index in [4.69, 9.17) is 28.3 Å². The van der Waals surface area contributed by atoms with E-state index < -0.39 is 11.9 Å². The Bertz CT molecular complexity index is 386. The molecule has 88 valence electrons. The molecule has 0 radical (unpaired) electrons. The predicted molar refractivity (Wildman–Crippen MR) is 57.8 cm³/mol. The number of aromatic nitrogens is 2. The number of imidazole rings is 1. The van der Waals surface area contributed by atoms with Crippen LogP contribution in [0.15, 0.2) is 0 Å². The zero-order chi connectivity index (χ0) is 12.1. The number of aliphatic carboxylic acids is 1. The Morgan fingerprint density at radius 1 is 1.44 bits per heavy atom. The Balaban J connectivity index is 2.38. The molecule has 1 heterocycles. The van der Waals surface area contributed by atoms with Crippen LogP contribution in [0, 0.1) is 0 Å². The molecule has 8 heteroatoms. The Morgan fingerprint density at radius 2 is 2.12 bits per heavy atom. The van der Waals surface area contributed by atoms with E-state index in [1.54, 1.807) is 0 Å². The van der Waals surface area contributed by atoms with Crippen molar-refractivity contribution in [2.24, 2.45) is 0 Å². The molecule has 0 aromatic carbocycles. The number of rotatable bonds is 5. The number of carbonyl (C=O) groups is 2. The third-order valence-electron chi connectivity index (χ3n) is 1.69. The Kier molecular flexibility index (Phi) is 4.57. The van der Waals surface area contributed by atoms with Gasteiger partial charge in [0.25, 0.3) is 5.91 Å². The molecule has 6 nitrogen and oxygen atoms in total. The zero-order valence-corrected chi connectivity index (χ0v) is 9.60. The van der Waals surface area contributed by atoms with Gasteiger partial charge in [0.2, 0.25) is 0 Å². The predicted octanol–water partition coefficient (Wildman–Crippen LogP) is 1.31. The lowest BCUT2D eigenvalue weighted by atomic mass is 10.3. The van der Waals surface area contributed by atoms with Gasteiger partial charge in [0.05, 0.1) is 0 Å². The van der Waals surface area contributed by atoms with Gasteiger partial charge in [-0.25, -0.2) is 4.98 Å². The Morgan fingerprint density at radius 3 is 2.62 bits per heavy atom.